The normalized spacial score (nSPS) is 18.0. The van der Waals surface area contributed by atoms with E-state index in [-0.39, 0.29) is 17.7 Å². The number of likely N-dealkylation sites (tertiary alicyclic amines) is 2. The number of halogens is 2. The van der Waals surface area contributed by atoms with Gasteiger partial charge in [0.1, 0.15) is 5.75 Å². The lowest BCUT2D eigenvalue weighted by atomic mass is 10.0. The van der Waals surface area contributed by atoms with Crippen LogP contribution in [0.15, 0.2) is 48.8 Å². The number of carbonyl (C=O) groups is 1. The van der Waals surface area contributed by atoms with Crippen molar-refractivity contribution in [3.05, 3.63) is 59.9 Å². The zero-order chi connectivity index (χ0) is 23.0. The maximum atomic E-state index is 13.3. The van der Waals surface area contributed by atoms with E-state index in [1.807, 2.05) is 23.1 Å². The van der Waals surface area contributed by atoms with Crippen LogP contribution in [0.4, 0.5) is 8.78 Å². The van der Waals surface area contributed by atoms with Gasteiger partial charge in [-0.25, -0.2) is 0 Å². The molecule has 178 valence electrons. The maximum absolute atomic E-state index is 13.3. The zero-order valence-corrected chi connectivity index (χ0v) is 18.9. The quantitative estimate of drug-likeness (QED) is 0.571. The van der Waals surface area contributed by atoms with Crippen LogP contribution in [0.1, 0.15) is 41.6 Å². The standard InChI is InChI=1S/C25H32F2N4O2/c26-25(27)33-23-8-2-1-6-21(23)19-30-14-9-22(10-15-30)31(17-16-29-12-3-4-13-29)24(32)20-7-5-11-28-18-20/h1-2,5-8,11,18,22,25H,3-4,9-10,12-17,19H2. The molecule has 2 aromatic rings. The number of para-hydroxylation sites is 1. The number of pyridine rings is 1. The van der Waals surface area contributed by atoms with Crippen LogP contribution < -0.4 is 4.74 Å². The van der Waals surface area contributed by atoms with E-state index in [9.17, 15) is 13.6 Å². The molecular weight excluding hydrogens is 426 g/mol. The van der Waals surface area contributed by atoms with E-state index in [1.165, 1.54) is 12.8 Å². The number of aromatic nitrogens is 1. The number of hydrogen-bond donors (Lipinski definition) is 0. The van der Waals surface area contributed by atoms with Gasteiger partial charge in [0.05, 0.1) is 5.56 Å². The molecule has 0 unspecified atom stereocenters. The van der Waals surface area contributed by atoms with Crippen LogP contribution in [-0.2, 0) is 6.54 Å². The molecule has 0 N–H and O–H groups in total. The minimum absolute atomic E-state index is 0.0384. The minimum atomic E-state index is -2.83. The van der Waals surface area contributed by atoms with E-state index in [0.717, 1.165) is 51.1 Å². The molecular formula is C25H32F2N4O2. The molecule has 2 saturated heterocycles. The molecule has 0 radical (unpaired) electrons. The number of alkyl halides is 2. The number of piperidine rings is 1. The summed E-state index contributed by atoms with van der Waals surface area (Å²) in [5.74, 6) is 0.269. The molecule has 33 heavy (non-hydrogen) atoms. The highest BCUT2D eigenvalue weighted by Gasteiger charge is 2.29. The number of hydrogen-bond acceptors (Lipinski definition) is 5. The average molecular weight is 459 g/mol. The summed E-state index contributed by atoms with van der Waals surface area (Å²) in [6.45, 7) is 3.14. The monoisotopic (exact) mass is 458 g/mol. The molecule has 0 spiro atoms. The number of nitrogens with zero attached hydrogens (tertiary/aromatic N) is 4. The summed E-state index contributed by atoms with van der Waals surface area (Å²) in [4.78, 5) is 24.2. The smallest absolute Gasteiger partial charge is 0.387 e. The number of benzene rings is 1. The van der Waals surface area contributed by atoms with Gasteiger partial charge in [0.25, 0.3) is 5.91 Å². The molecule has 2 aliphatic rings. The lowest BCUT2D eigenvalue weighted by molar-refractivity contribution is -0.0508. The van der Waals surface area contributed by atoms with Gasteiger partial charge in [-0.1, -0.05) is 18.2 Å². The van der Waals surface area contributed by atoms with Gasteiger partial charge in [-0.3, -0.25) is 14.7 Å². The van der Waals surface area contributed by atoms with Gasteiger partial charge in [0.2, 0.25) is 0 Å². The molecule has 0 atom stereocenters. The van der Waals surface area contributed by atoms with Crippen molar-refractivity contribution in [1.29, 1.82) is 0 Å². The van der Waals surface area contributed by atoms with Gasteiger partial charge in [0, 0.05) is 56.7 Å². The van der Waals surface area contributed by atoms with Crippen molar-refractivity contribution in [2.75, 3.05) is 39.3 Å². The van der Waals surface area contributed by atoms with Crippen LogP contribution in [0.3, 0.4) is 0 Å². The third-order valence-electron chi connectivity index (χ3n) is 6.61. The molecule has 1 amide bonds. The highest BCUT2D eigenvalue weighted by molar-refractivity contribution is 5.94. The SMILES string of the molecule is O=C(c1cccnc1)N(CCN1CCCC1)C1CCN(Cc2ccccc2OC(F)F)CC1. The minimum Gasteiger partial charge on any atom is -0.434 e. The number of ether oxygens (including phenoxy) is 1. The van der Waals surface area contributed by atoms with E-state index >= 15 is 0 Å². The van der Waals surface area contributed by atoms with Crippen LogP contribution in [0.2, 0.25) is 0 Å². The third kappa shape index (κ3) is 6.48. The Balaban J connectivity index is 1.38. The predicted molar refractivity (Wildman–Crippen MR) is 122 cm³/mol. The molecule has 0 bridgehead atoms. The molecule has 6 nitrogen and oxygen atoms in total. The first-order chi connectivity index (χ1) is 16.1. The lowest BCUT2D eigenvalue weighted by Crippen LogP contribution is -2.49. The fourth-order valence-electron chi connectivity index (χ4n) is 4.84. The first kappa shape index (κ1) is 23.6. The second-order valence-electron chi connectivity index (χ2n) is 8.78. The summed E-state index contributed by atoms with van der Waals surface area (Å²) in [7, 11) is 0. The van der Waals surface area contributed by atoms with Crippen molar-refractivity contribution >= 4 is 5.91 Å². The van der Waals surface area contributed by atoms with Crippen LogP contribution in [0, 0.1) is 0 Å². The maximum Gasteiger partial charge on any atom is 0.387 e. The summed E-state index contributed by atoms with van der Waals surface area (Å²) >= 11 is 0. The Labute approximate surface area is 194 Å². The Morgan fingerprint density at radius 2 is 1.82 bits per heavy atom. The Kier molecular flexibility index (Phi) is 8.23. The van der Waals surface area contributed by atoms with E-state index in [1.54, 1.807) is 30.6 Å². The Morgan fingerprint density at radius 1 is 1.06 bits per heavy atom. The zero-order valence-electron chi connectivity index (χ0n) is 18.9. The van der Waals surface area contributed by atoms with Gasteiger partial charge >= 0.3 is 6.61 Å². The fourth-order valence-corrected chi connectivity index (χ4v) is 4.84. The average Bonchev–Trinajstić information content (AvgIpc) is 3.35. The van der Waals surface area contributed by atoms with E-state index < -0.39 is 6.61 Å². The van der Waals surface area contributed by atoms with Crippen molar-refractivity contribution < 1.29 is 18.3 Å². The molecule has 2 aliphatic heterocycles. The summed E-state index contributed by atoms with van der Waals surface area (Å²) in [6.07, 6.45) is 7.48. The van der Waals surface area contributed by atoms with Crippen LogP contribution >= 0.6 is 0 Å². The lowest BCUT2D eigenvalue weighted by Gasteiger charge is -2.39. The van der Waals surface area contributed by atoms with Gasteiger partial charge in [-0.15, -0.1) is 0 Å². The highest BCUT2D eigenvalue weighted by atomic mass is 19.3. The summed E-state index contributed by atoms with van der Waals surface area (Å²) < 4.78 is 30.2. The summed E-state index contributed by atoms with van der Waals surface area (Å²) in [5.41, 5.74) is 1.38. The number of rotatable bonds is 9. The van der Waals surface area contributed by atoms with Crippen LogP contribution in [0.5, 0.6) is 5.75 Å². The summed E-state index contributed by atoms with van der Waals surface area (Å²) in [6, 6.07) is 10.7. The molecule has 2 fully saturated rings. The van der Waals surface area contributed by atoms with E-state index in [2.05, 4.69) is 19.5 Å². The van der Waals surface area contributed by atoms with Gasteiger partial charge in [-0.2, -0.15) is 8.78 Å². The predicted octanol–water partition coefficient (Wildman–Crippen LogP) is 3.89. The van der Waals surface area contributed by atoms with Crippen molar-refractivity contribution in [2.24, 2.45) is 0 Å². The Morgan fingerprint density at radius 3 is 2.52 bits per heavy atom. The van der Waals surface area contributed by atoms with Crippen molar-refractivity contribution in [2.45, 2.75) is 44.9 Å². The first-order valence-corrected chi connectivity index (χ1v) is 11.8. The van der Waals surface area contributed by atoms with Gasteiger partial charge in [-0.05, 0) is 57.0 Å². The van der Waals surface area contributed by atoms with Gasteiger partial charge < -0.3 is 14.5 Å². The van der Waals surface area contributed by atoms with E-state index in [4.69, 9.17) is 0 Å². The largest absolute Gasteiger partial charge is 0.434 e. The third-order valence-corrected chi connectivity index (χ3v) is 6.61. The molecule has 0 aliphatic carbocycles. The molecule has 3 heterocycles. The van der Waals surface area contributed by atoms with Crippen molar-refractivity contribution in [3.63, 3.8) is 0 Å². The topological polar surface area (TPSA) is 48.9 Å². The fraction of sp³-hybridized carbons (Fsp3) is 0.520. The first-order valence-electron chi connectivity index (χ1n) is 11.8. The number of carbonyl (C=O) groups excluding carboxylic acids is 1. The molecule has 1 aromatic heterocycles. The molecule has 8 heteroatoms. The molecule has 0 saturated carbocycles. The molecule has 4 rings (SSSR count). The Hall–Kier alpha value is -2.58. The van der Waals surface area contributed by atoms with Crippen LogP contribution in [-0.4, -0.2) is 77.5 Å². The second-order valence-corrected chi connectivity index (χ2v) is 8.78. The highest BCUT2D eigenvalue weighted by Crippen LogP contribution is 2.25. The van der Waals surface area contributed by atoms with Crippen molar-refractivity contribution in [3.8, 4) is 5.75 Å². The van der Waals surface area contributed by atoms with Crippen molar-refractivity contribution in [1.82, 2.24) is 19.7 Å². The Bertz CT molecular complexity index is 885. The number of amides is 1. The second kappa shape index (κ2) is 11.5. The van der Waals surface area contributed by atoms with Gasteiger partial charge in [0.15, 0.2) is 0 Å². The summed E-state index contributed by atoms with van der Waals surface area (Å²) in [5, 5.41) is 0. The van der Waals surface area contributed by atoms with Crippen LogP contribution in [0.25, 0.3) is 0 Å². The molecule has 1 aromatic carbocycles. The van der Waals surface area contributed by atoms with E-state index in [0.29, 0.717) is 18.7 Å².